The van der Waals surface area contributed by atoms with Gasteiger partial charge in [-0.05, 0) is 47.9 Å². The summed E-state index contributed by atoms with van der Waals surface area (Å²) in [6.45, 7) is 1.54. The average molecular weight is 623 g/mol. The molecule has 46 heavy (non-hydrogen) atoms. The van der Waals surface area contributed by atoms with Crippen molar-refractivity contribution in [1.82, 2.24) is 9.80 Å². The summed E-state index contributed by atoms with van der Waals surface area (Å²) in [5, 5.41) is 19.9. The molecule has 4 aromatic carbocycles. The summed E-state index contributed by atoms with van der Waals surface area (Å²) >= 11 is 0. The zero-order chi connectivity index (χ0) is 32.1. The number of benzene rings is 4. The van der Waals surface area contributed by atoms with Crippen molar-refractivity contribution in [3.63, 3.8) is 0 Å². The number of likely N-dealkylation sites (tertiary alicyclic amines) is 2. The molecular formula is C38H42N2O6. The van der Waals surface area contributed by atoms with Gasteiger partial charge in [0.1, 0.15) is 13.2 Å². The summed E-state index contributed by atoms with van der Waals surface area (Å²) in [5.74, 6) is 0. The molecule has 0 aliphatic carbocycles. The highest BCUT2D eigenvalue weighted by molar-refractivity contribution is 5.69. The van der Waals surface area contributed by atoms with E-state index in [-0.39, 0.29) is 49.7 Å². The Hall–Kier alpha value is -4.66. The first-order valence-electron chi connectivity index (χ1n) is 15.9. The molecule has 2 aliphatic heterocycles. The van der Waals surface area contributed by atoms with Gasteiger partial charge in [-0.3, -0.25) is 0 Å². The van der Waals surface area contributed by atoms with Gasteiger partial charge in [-0.15, -0.1) is 0 Å². The van der Waals surface area contributed by atoms with E-state index in [1.165, 1.54) is 0 Å². The van der Waals surface area contributed by atoms with Gasteiger partial charge >= 0.3 is 12.2 Å². The van der Waals surface area contributed by atoms with E-state index in [9.17, 15) is 19.8 Å². The topological polar surface area (TPSA) is 99.5 Å². The predicted molar refractivity (Wildman–Crippen MR) is 176 cm³/mol. The van der Waals surface area contributed by atoms with Gasteiger partial charge in [-0.2, -0.15) is 0 Å². The molecule has 0 radical (unpaired) electrons. The van der Waals surface area contributed by atoms with Crippen molar-refractivity contribution in [2.75, 3.05) is 13.1 Å². The predicted octanol–water partition coefficient (Wildman–Crippen LogP) is 7.04. The van der Waals surface area contributed by atoms with Crippen LogP contribution in [-0.2, 0) is 22.7 Å². The van der Waals surface area contributed by atoms with Crippen LogP contribution >= 0.6 is 0 Å². The fourth-order valence-electron chi connectivity index (χ4n) is 5.92. The third-order valence-corrected chi connectivity index (χ3v) is 8.40. The summed E-state index contributed by atoms with van der Waals surface area (Å²) in [7, 11) is 0. The van der Waals surface area contributed by atoms with Gasteiger partial charge in [0.25, 0.3) is 0 Å². The molecule has 4 unspecified atom stereocenters. The molecule has 0 aromatic heterocycles. The average Bonchev–Trinajstić information content (AvgIpc) is 3.11. The molecule has 8 nitrogen and oxygen atoms in total. The molecule has 0 saturated carbocycles. The van der Waals surface area contributed by atoms with Gasteiger partial charge in [0.2, 0.25) is 0 Å². The number of carbonyl (C=O) groups is 2. The Morgan fingerprint density at radius 2 is 0.870 bits per heavy atom. The van der Waals surface area contributed by atoms with E-state index < -0.39 is 0 Å². The number of amides is 2. The molecule has 4 atom stereocenters. The molecule has 2 fully saturated rings. The first-order chi connectivity index (χ1) is 22.5. The Labute approximate surface area is 270 Å². The first kappa shape index (κ1) is 32.7. The van der Waals surface area contributed by atoms with Gasteiger partial charge in [0.15, 0.2) is 0 Å². The molecule has 6 rings (SSSR count). The van der Waals surface area contributed by atoms with Crippen LogP contribution < -0.4 is 0 Å². The van der Waals surface area contributed by atoms with E-state index in [0.717, 1.165) is 22.3 Å². The maximum atomic E-state index is 12.5. The first-order valence-corrected chi connectivity index (χ1v) is 15.9. The SMILES string of the molecule is O=C(OCc1ccccc1)N1CCC(O)CC1c1ccccc1.O=C(OCc1ccccc1)N1CCC(O)CC1c1ccccc1. The van der Waals surface area contributed by atoms with Gasteiger partial charge in [-0.25, -0.2) is 9.59 Å². The zero-order valence-electron chi connectivity index (χ0n) is 25.9. The lowest BCUT2D eigenvalue weighted by Gasteiger charge is -2.37. The molecule has 4 aromatic rings. The van der Waals surface area contributed by atoms with Gasteiger partial charge < -0.3 is 29.5 Å². The van der Waals surface area contributed by atoms with Crippen LogP contribution in [0.5, 0.6) is 0 Å². The van der Waals surface area contributed by atoms with E-state index >= 15 is 0 Å². The normalized spacial score (nSPS) is 21.0. The Morgan fingerprint density at radius 1 is 0.543 bits per heavy atom. The fraction of sp³-hybridized carbons (Fsp3) is 0.316. The molecular weight excluding hydrogens is 580 g/mol. The number of hydrogen-bond acceptors (Lipinski definition) is 6. The van der Waals surface area contributed by atoms with Crippen molar-refractivity contribution in [3.05, 3.63) is 144 Å². The van der Waals surface area contributed by atoms with Crippen molar-refractivity contribution < 1.29 is 29.3 Å². The molecule has 240 valence electrons. The van der Waals surface area contributed by atoms with Crippen molar-refractivity contribution in [1.29, 1.82) is 0 Å². The van der Waals surface area contributed by atoms with Crippen LogP contribution in [0.4, 0.5) is 9.59 Å². The number of nitrogens with zero attached hydrogens (tertiary/aromatic N) is 2. The van der Waals surface area contributed by atoms with Crippen LogP contribution in [-0.4, -0.2) is 57.5 Å². The number of hydrogen-bond donors (Lipinski definition) is 2. The Bertz CT molecular complexity index is 1370. The smallest absolute Gasteiger partial charge is 0.410 e. The maximum absolute atomic E-state index is 12.5. The van der Waals surface area contributed by atoms with E-state index in [2.05, 4.69) is 0 Å². The van der Waals surface area contributed by atoms with Crippen LogP contribution in [0, 0.1) is 0 Å². The highest BCUT2D eigenvalue weighted by Crippen LogP contribution is 2.33. The molecule has 2 amide bonds. The lowest BCUT2D eigenvalue weighted by atomic mass is 9.94. The largest absolute Gasteiger partial charge is 0.445 e. The van der Waals surface area contributed by atoms with Crippen LogP contribution in [0.25, 0.3) is 0 Å². The number of rotatable bonds is 6. The lowest BCUT2D eigenvalue weighted by molar-refractivity contribution is 0.0252. The Balaban J connectivity index is 0.000000181. The standard InChI is InChI=1S/2C19H21NO3/c2*21-17-11-12-20(18(13-17)16-9-5-2-6-10-16)19(22)23-14-15-7-3-1-4-8-15/h2*1-10,17-18,21H,11-14H2. The second-order valence-corrected chi connectivity index (χ2v) is 11.7. The van der Waals surface area contributed by atoms with Crippen LogP contribution in [0.2, 0.25) is 0 Å². The van der Waals surface area contributed by atoms with Crippen LogP contribution in [0.15, 0.2) is 121 Å². The molecule has 0 spiro atoms. The number of ether oxygens (including phenoxy) is 2. The second kappa shape index (κ2) is 16.6. The third kappa shape index (κ3) is 9.19. The van der Waals surface area contributed by atoms with Crippen LogP contribution in [0.3, 0.4) is 0 Å². The third-order valence-electron chi connectivity index (χ3n) is 8.40. The molecule has 2 aliphatic rings. The van der Waals surface area contributed by atoms with Crippen molar-refractivity contribution in [3.8, 4) is 0 Å². The lowest BCUT2D eigenvalue weighted by Crippen LogP contribution is -2.42. The highest BCUT2D eigenvalue weighted by atomic mass is 16.6. The summed E-state index contributed by atoms with van der Waals surface area (Å²) in [4.78, 5) is 28.4. The van der Waals surface area contributed by atoms with Gasteiger partial charge in [-0.1, -0.05) is 121 Å². The van der Waals surface area contributed by atoms with E-state index in [1.807, 2.05) is 121 Å². The number of aliphatic hydroxyl groups is 2. The van der Waals surface area contributed by atoms with E-state index in [0.29, 0.717) is 38.8 Å². The summed E-state index contributed by atoms with van der Waals surface area (Å²) < 4.78 is 10.9. The molecule has 2 heterocycles. The minimum atomic E-state index is -0.377. The zero-order valence-corrected chi connectivity index (χ0v) is 25.9. The quantitative estimate of drug-likeness (QED) is 0.239. The number of carbonyl (C=O) groups excluding carboxylic acids is 2. The minimum absolute atomic E-state index is 0.136. The summed E-state index contributed by atoms with van der Waals surface area (Å²) in [6.07, 6.45) is 0.864. The van der Waals surface area contributed by atoms with Gasteiger partial charge in [0, 0.05) is 13.1 Å². The van der Waals surface area contributed by atoms with Crippen molar-refractivity contribution in [2.45, 2.75) is 63.2 Å². The summed E-state index contributed by atoms with van der Waals surface area (Å²) in [5.41, 5.74) is 3.99. The fourth-order valence-corrected chi connectivity index (χ4v) is 5.92. The monoisotopic (exact) mass is 622 g/mol. The van der Waals surface area contributed by atoms with Crippen LogP contribution in [0.1, 0.15) is 60.0 Å². The van der Waals surface area contributed by atoms with Crippen molar-refractivity contribution in [2.24, 2.45) is 0 Å². The number of piperidine rings is 2. The van der Waals surface area contributed by atoms with E-state index in [4.69, 9.17) is 9.47 Å². The number of aliphatic hydroxyl groups excluding tert-OH is 2. The summed E-state index contributed by atoms with van der Waals surface area (Å²) in [6, 6.07) is 38.6. The molecule has 2 N–H and O–H groups in total. The van der Waals surface area contributed by atoms with Crippen molar-refractivity contribution >= 4 is 12.2 Å². The van der Waals surface area contributed by atoms with E-state index in [1.54, 1.807) is 9.80 Å². The Morgan fingerprint density at radius 3 is 1.22 bits per heavy atom. The second-order valence-electron chi connectivity index (χ2n) is 11.7. The maximum Gasteiger partial charge on any atom is 0.410 e. The minimum Gasteiger partial charge on any atom is -0.445 e. The molecule has 0 bridgehead atoms. The Kier molecular flexibility index (Phi) is 11.8. The molecule has 8 heteroatoms. The van der Waals surface area contributed by atoms with Gasteiger partial charge in [0.05, 0.1) is 24.3 Å². The highest BCUT2D eigenvalue weighted by Gasteiger charge is 2.34. The molecule has 2 saturated heterocycles.